The van der Waals surface area contributed by atoms with Crippen molar-refractivity contribution in [2.45, 2.75) is 19.4 Å². The van der Waals surface area contributed by atoms with Crippen molar-refractivity contribution in [3.63, 3.8) is 0 Å². The molecule has 1 aromatic rings. The van der Waals surface area contributed by atoms with Gasteiger partial charge in [0, 0.05) is 6.07 Å². The third-order valence-electron chi connectivity index (χ3n) is 1.85. The lowest BCUT2D eigenvalue weighted by atomic mass is 10.3. The van der Waals surface area contributed by atoms with Crippen molar-refractivity contribution >= 4 is 15.9 Å². The van der Waals surface area contributed by atoms with Crippen LogP contribution in [0.15, 0.2) is 22.7 Å². The average molecular weight is 263 g/mol. The summed E-state index contributed by atoms with van der Waals surface area (Å²) in [5, 5.41) is 8.91. The molecule has 0 radical (unpaired) electrons. The lowest BCUT2D eigenvalue weighted by molar-refractivity contribution is 0.111. The van der Waals surface area contributed by atoms with Gasteiger partial charge >= 0.3 is 0 Å². The van der Waals surface area contributed by atoms with Crippen LogP contribution in [-0.4, -0.2) is 17.8 Å². The number of halogens is 2. The van der Waals surface area contributed by atoms with E-state index in [1.54, 1.807) is 6.07 Å². The third kappa shape index (κ3) is 2.96. The molecule has 0 aliphatic heterocycles. The molecule has 78 valence electrons. The lowest BCUT2D eigenvalue weighted by Gasteiger charge is -2.15. The first-order valence-electron chi connectivity index (χ1n) is 4.40. The van der Waals surface area contributed by atoms with Crippen LogP contribution in [0.1, 0.15) is 13.3 Å². The first kappa shape index (κ1) is 11.5. The third-order valence-corrected chi connectivity index (χ3v) is 2.50. The summed E-state index contributed by atoms with van der Waals surface area (Å²) in [5.41, 5.74) is 0. The summed E-state index contributed by atoms with van der Waals surface area (Å²) in [7, 11) is 0. The molecule has 14 heavy (non-hydrogen) atoms. The molecule has 1 rings (SSSR count). The molecule has 0 saturated carbocycles. The van der Waals surface area contributed by atoms with E-state index < -0.39 is 0 Å². The summed E-state index contributed by atoms with van der Waals surface area (Å²) in [6.07, 6.45) is 0.396. The van der Waals surface area contributed by atoms with Crippen LogP contribution in [0.4, 0.5) is 4.39 Å². The van der Waals surface area contributed by atoms with E-state index in [1.165, 1.54) is 12.1 Å². The highest BCUT2D eigenvalue weighted by molar-refractivity contribution is 9.10. The Bertz CT molecular complexity index is 300. The highest BCUT2D eigenvalue weighted by Gasteiger charge is 2.09. The molecule has 1 atom stereocenters. The molecule has 0 bridgehead atoms. The molecule has 0 amide bonds. The fourth-order valence-corrected chi connectivity index (χ4v) is 1.34. The predicted octanol–water partition coefficient (Wildman–Crippen LogP) is 2.74. The zero-order valence-corrected chi connectivity index (χ0v) is 9.42. The minimum absolute atomic E-state index is 0.0700. The molecular weight excluding hydrogens is 251 g/mol. The molecular formula is C10H12BrFO2. The lowest BCUT2D eigenvalue weighted by Crippen LogP contribution is -2.19. The van der Waals surface area contributed by atoms with E-state index in [0.29, 0.717) is 16.6 Å². The van der Waals surface area contributed by atoms with Crippen LogP contribution < -0.4 is 4.74 Å². The topological polar surface area (TPSA) is 29.5 Å². The van der Waals surface area contributed by atoms with Gasteiger partial charge in [-0.05, 0) is 34.5 Å². The molecule has 2 nitrogen and oxygen atoms in total. The number of rotatable bonds is 4. The SMILES string of the molecule is CCC(CO)Oc1cc(F)ccc1Br. The van der Waals surface area contributed by atoms with Gasteiger partial charge in [0.25, 0.3) is 0 Å². The highest BCUT2D eigenvalue weighted by atomic mass is 79.9. The minimum Gasteiger partial charge on any atom is -0.487 e. The molecule has 1 N–H and O–H groups in total. The molecule has 0 spiro atoms. The smallest absolute Gasteiger partial charge is 0.136 e. The molecule has 1 unspecified atom stereocenters. The number of ether oxygens (including phenoxy) is 1. The zero-order chi connectivity index (χ0) is 10.6. The van der Waals surface area contributed by atoms with Crippen molar-refractivity contribution < 1.29 is 14.2 Å². The molecule has 0 aromatic heterocycles. The second-order valence-corrected chi connectivity index (χ2v) is 3.76. The highest BCUT2D eigenvalue weighted by Crippen LogP contribution is 2.26. The molecule has 0 fully saturated rings. The summed E-state index contributed by atoms with van der Waals surface area (Å²) < 4.78 is 18.9. The van der Waals surface area contributed by atoms with E-state index in [2.05, 4.69) is 15.9 Å². The van der Waals surface area contributed by atoms with E-state index in [1.807, 2.05) is 6.92 Å². The predicted molar refractivity (Wildman–Crippen MR) is 55.9 cm³/mol. The summed E-state index contributed by atoms with van der Waals surface area (Å²) in [5.74, 6) is 0.0712. The van der Waals surface area contributed by atoms with Gasteiger partial charge in [0.15, 0.2) is 0 Å². The van der Waals surface area contributed by atoms with E-state index in [-0.39, 0.29) is 18.5 Å². The quantitative estimate of drug-likeness (QED) is 0.905. The Morgan fingerprint density at radius 3 is 2.86 bits per heavy atom. The van der Waals surface area contributed by atoms with Crippen LogP contribution in [0, 0.1) is 5.82 Å². The zero-order valence-electron chi connectivity index (χ0n) is 7.84. The van der Waals surface area contributed by atoms with Crippen molar-refractivity contribution in [1.82, 2.24) is 0 Å². The molecule has 1 aromatic carbocycles. The molecule has 0 heterocycles. The number of hydrogen-bond donors (Lipinski definition) is 1. The Kier molecular flexibility index (Phi) is 4.35. The van der Waals surface area contributed by atoms with Crippen molar-refractivity contribution in [2.75, 3.05) is 6.61 Å². The van der Waals surface area contributed by atoms with Gasteiger partial charge in [0.2, 0.25) is 0 Å². The van der Waals surface area contributed by atoms with Crippen molar-refractivity contribution in [3.8, 4) is 5.75 Å². The van der Waals surface area contributed by atoms with E-state index in [4.69, 9.17) is 9.84 Å². The normalized spacial score (nSPS) is 12.6. The van der Waals surface area contributed by atoms with Gasteiger partial charge < -0.3 is 9.84 Å². The van der Waals surface area contributed by atoms with Gasteiger partial charge in [0.05, 0.1) is 11.1 Å². The Morgan fingerprint density at radius 1 is 1.57 bits per heavy atom. The maximum absolute atomic E-state index is 12.8. The van der Waals surface area contributed by atoms with Gasteiger partial charge in [-0.15, -0.1) is 0 Å². The van der Waals surface area contributed by atoms with Crippen LogP contribution in [-0.2, 0) is 0 Å². The molecule has 0 saturated heterocycles. The van der Waals surface area contributed by atoms with Crippen LogP contribution in [0.3, 0.4) is 0 Å². The van der Waals surface area contributed by atoms with Crippen molar-refractivity contribution in [1.29, 1.82) is 0 Å². The fourth-order valence-electron chi connectivity index (χ4n) is 0.997. The van der Waals surface area contributed by atoms with Crippen LogP contribution in [0.2, 0.25) is 0 Å². The largest absolute Gasteiger partial charge is 0.487 e. The maximum atomic E-state index is 12.8. The monoisotopic (exact) mass is 262 g/mol. The number of hydrogen-bond acceptors (Lipinski definition) is 2. The van der Waals surface area contributed by atoms with Gasteiger partial charge in [0.1, 0.15) is 17.7 Å². The molecule has 0 aliphatic carbocycles. The Balaban J connectivity index is 2.79. The van der Waals surface area contributed by atoms with Crippen LogP contribution in [0.25, 0.3) is 0 Å². The summed E-state index contributed by atoms with van der Waals surface area (Å²) in [6.45, 7) is 1.83. The van der Waals surface area contributed by atoms with E-state index in [0.717, 1.165) is 0 Å². The second kappa shape index (κ2) is 5.32. The van der Waals surface area contributed by atoms with Crippen molar-refractivity contribution in [2.24, 2.45) is 0 Å². The van der Waals surface area contributed by atoms with Gasteiger partial charge in [-0.25, -0.2) is 4.39 Å². The van der Waals surface area contributed by atoms with E-state index in [9.17, 15) is 4.39 Å². The Morgan fingerprint density at radius 2 is 2.29 bits per heavy atom. The standard InChI is InChI=1S/C10H12BrFO2/c1-2-8(6-13)14-10-5-7(12)3-4-9(10)11/h3-5,8,13H,2,6H2,1H3. The average Bonchev–Trinajstić information content (AvgIpc) is 2.19. The summed E-state index contributed by atoms with van der Waals surface area (Å²) in [6, 6.07) is 4.22. The van der Waals surface area contributed by atoms with E-state index >= 15 is 0 Å². The first-order valence-corrected chi connectivity index (χ1v) is 5.19. The maximum Gasteiger partial charge on any atom is 0.136 e. The minimum atomic E-state index is -0.351. The number of aliphatic hydroxyl groups is 1. The molecule has 0 aliphatic rings. The first-order chi connectivity index (χ1) is 6.67. The number of benzene rings is 1. The summed E-state index contributed by atoms with van der Waals surface area (Å²) in [4.78, 5) is 0. The van der Waals surface area contributed by atoms with Crippen LogP contribution >= 0.6 is 15.9 Å². The van der Waals surface area contributed by atoms with Gasteiger partial charge in [-0.2, -0.15) is 0 Å². The van der Waals surface area contributed by atoms with Gasteiger partial charge in [-0.3, -0.25) is 0 Å². The molecule has 4 heteroatoms. The second-order valence-electron chi connectivity index (χ2n) is 2.91. The van der Waals surface area contributed by atoms with Gasteiger partial charge in [-0.1, -0.05) is 6.92 Å². The Hall–Kier alpha value is -0.610. The van der Waals surface area contributed by atoms with Crippen molar-refractivity contribution in [3.05, 3.63) is 28.5 Å². The fraction of sp³-hybridized carbons (Fsp3) is 0.400. The number of aliphatic hydroxyl groups excluding tert-OH is 1. The van der Waals surface area contributed by atoms with Crippen LogP contribution in [0.5, 0.6) is 5.75 Å². The summed E-state index contributed by atoms with van der Waals surface area (Å²) >= 11 is 3.24. The Labute approximate surface area is 90.8 Å².